The van der Waals surface area contributed by atoms with Crippen molar-refractivity contribution in [3.63, 3.8) is 0 Å². The maximum Gasteiger partial charge on any atom is 0.397 e. The van der Waals surface area contributed by atoms with Gasteiger partial charge in [-0.25, -0.2) is 4.18 Å². The van der Waals surface area contributed by atoms with Crippen molar-refractivity contribution in [2.75, 3.05) is 6.61 Å². The van der Waals surface area contributed by atoms with Gasteiger partial charge in [-0.05, 0) is 12.1 Å². The van der Waals surface area contributed by atoms with E-state index in [4.69, 9.17) is 14.0 Å². The summed E-state index contributed by atoms with van der Waals surface area (Å²) in [6, 6.07) is 7.23. The standard InChI is InChI=1S/C14H19NO9S.H3N/c1-8(16)15-11-13(18)12(17)10(7-22-25(19,20)21)24-14(11)23-9-5-3-2-4-6-9;/h2-6,10-14,17-18H,7H2,1H3,(H,15,16)(H,19,20,21);1H3/t10-,11-,12+,13-,14+;/m1./s1. The molecule has 0 spiro atoms. The second kappa shape index (κ2) is 9.23. The molecule has 148 valence electrons. The third-order valence-electron chi connectivity index (χ3n) is 3.45. The molecule has 26 heavy (non-hydrogen) atoms. The highest BCUT2D eigenvalue weighted by Crippen LogP contribution is 2.25. The van der Waals surface area contributed by atoms with Crippen LogP contribution < -0.4 is 16.2 Å². The van der Waals surface area contributed by atoms with Crippen LogP contribution in [-0.4, -0.2) is 66.3 Å². The third-order valence-corrected chi connectivity index (χ3v) is 3.88. The zero-order chi connectivity index (χ0) is 18.6. The van der Waals surface area contributed by atoms with Gasteiger partial charge in [0.25, 0.3) is 0 Å². The number of nitrogens with one attached hydrogen (secondary N) is 1. The first-order chi connectivity index (χ1) is 11.7. The Hall–Kier alpha value is -1.80. The van der Waals surface area contributed by atoms with Crippen LogP contribution >= 0.6 is 0 Å². The molecule has 1 fully saturated rings. The van der Waals surface area contributed by atoms with Gasteiger partial charge >= 0.3 is 10.4 Å². The van der Waals surface area contributed by atoms with Crippen molar-refractivity contribution in [2.45, 2.75) is 37.6 Å². The quantitative estimate of drug-likeness (QED) is 0.374. The Balaban J connectivity index is 0.00000338. The number of amides is 1. The fourth-order valence-corrected chi connectivity index (χ4v) is 2.65. The lowest BCUT2D eigenvalue weighted by molar-refractivity contribution is -0.242. The molecule has 1 aliphatic rings. The molecule has 1 aliphatic heterocycles. The van der Waals surface area contributed by atoms with Crippen LogP contribution in [0.1, 0.15) is 6.92 Å². The first kappa shape index (κ1) is 22.2. The third kappa shape index (κ3) is 6.17. The minimum atomic E-state index is -4.76. The van der Waals surface area contributed by atoms with Crippen LogP contribution in [-0.2, 0) is 24.1 Å². The zero-order valence-electron chi connectivity index (χ0n) is 13.9. The number of aliphatic hydroxyl groups is 2. The van der Waals surface area contributed by atoms with Crippen molar-refractivity contribution < 1.29 is 41.6 Å². The summed E-state index contributed by atoms with van der Waals surface area (Å²) in [4.78, 5) is 11.3. The van der Waals surface area contributed by atoms with E-state index in [1.165, 1.54) is 6.92 Å². The van der Waals surface area contributed by atoms with Crippen molar-refractivity contribution in [3.8, 4) is 5.75 Å². The molecular weight excluding hydrogens is 372 g/mol. The lowest BCUT2D eigenvalue weighted by Crippen LogP contribution is -2.65. The van der Waals surface area contributed by atoms with Crippen molar-refractivity contribution in [3.05, 3.63) is 30.3 Å². The van der Waals surface area contributed by atoms with Gasteiger partial charge in [-0.3, -0.25) is 9.35 Å². The number of ether oxygens (including phenoxy) is 2. The molecule has 1 amide bonds. The predicted molar refractivity (Wildman–Crippen MR) is 87.9 cm³/mol. The summed E-state index contributed by atoms with van der Waals surface area (Å²) in [5, 5.41) is 22.7. The Kier molecular flexibility index (Phi) is 7.89. The van der Waals surface area contributed by atoms with Gasteiger partial charge in [0.2, 0.25) is 12.2 Å². The van der Waals surface area contributed by atoms with E-state index in [-0.39, 0.29) is 6.15 Å². The Morgan fingerprint density at radius 1 is 1.23 bits per heavy atom. The van der Waals surface area contributed by atoms with Gasteiger partial charge in [-0.1, -0.05) is 18.2 Å². The Morgan fingerprint density at radius 2 is 1.85 bits per heavy atom. The van der Waals surface area contributed by atoms with Crippen molar-refractivity contribution in [1.82, 2.24) is 11.5 Å². The molecule has 0 bridgehead atoms. The predicted octanol–water partition coefficient (Wildman–Crippen LogP) is -1.00. The minimum absolute atomic E-state index is 0. The topological polar surface area (TPSA) is 187 Å². The molecule has 0 aromatic heterocycles. The number of hydrogen-bond donors (Lipinski definition) is 5. The van der Waals surface area contributed by atoms with Crippen LogP contribution in [0.3, 0.4) is 0 Å². The maximum absolute atomic E-state index is 11.3. The fourth-order valence-electron chi connectivity index (χ4n) is 2.34. The van der Waals surface area contributed by atoms with E-state index in [9.17, 15) is 23.4 Å². The van der Waals surface area contributed by atoms with Gasteiger partial charge < -0.3 is 31.2 Å². The molecule has 1 saturated heterocycles. The fraction of sp³-hybridized carbons (Fsp3) is 0.500. The van der Waals surface area contributed by atoms with Gasteiger partial charge in [-0.15, -0.1) is 0 Å². The number of rotatable bonds is 6. The average Bonchev–Trinajstić information content (AvgIpc) is 2.53. The molecule has 0 unspecified atom stereocenters. The van der Waals surface area contributed by atoms with Gasteiger partial charge in [0, 0.05) is 6.92 Å². The summed E-state index contributed by atoms with van der Waals surface area (Å²) in [5.41, 5.74) is 0. The van der Waals surface area contributed by atoms with Crippen LogP contribution in [0.5, 0.6) is 5.75 Å². The number of para-hydroxylation sites is 1. The summed E-state index contributed by atoms with van der Waals surface area (Å²) in [6.07, 6.45) is -5.68. The Morgan fingerprint density at radius 3 is 2.38 bits per heavy atom. The Bertz CT molecular complexity index is 685. The molecule has 5 atom stereocenters. The van der Waals surface area contributed by atoms with Crippen molar-refractivity contribution in [1.29, 1.82) is 0 Å². The van der Waals surface area contributed by atoms with Crippen LogP contribution in [0.25, 0.3) is 0 Å². The number of hydrogen-bond acceptors (Lipinski definition) is 9. The smallest absolute Gasteiger partial charge is 0.397 e. The molecule has 0 radical (unpaired) electrons. The normalized spacial score (nSPS) is 28.7. The molecule has 2 rings (SSSR count). The van der Waals surface area contributed by atoms with E-state index in [0.717, 1.165) is 0 Å². The highest BCUT2D eigenvalue weighted by atomic mass is 32.3. The highest BCUT2D eigenvalue weighted by molar-refractivity contribution is 7.80. The molecule has 12 heteroatoms. The SMILES string of the molecule is CC(=O)N[C@H]1[C@@H](Oc2ccccc2)O[C@H](COS(=O)(=O)O)[C@H](O)[C@@H]1O.N. The molecule has 0 aliphatic carbocycles. The lowest BCUT2D eigenvalue weighted by atomic mass is 9.97. The largest absolute Gasteiger partial charge is 0.463 e. The molecule has 1 aromatic rings. The number of carbonyl (C=O) groups excluding carboxylic acids is 1. The summed E-state index contributed by atoms with van der Waals surface area (Å²) < 4.78 is 45.2. The maximum atomic E-state index is 11.3. The second-order valence-corrected chi connectivity index (χ2v) is 6.48. The minimum Gasteiger partial charge on any atom is -0.463 e. The van der Waals surface area contributed by atoms with E-state index >= 15 is 0 Å². The van der Waals surface area contributed by atoms with Crippen molar-refractivity contribution in [2.24, 2.45) is 0 Å². The lowest BCUT2D eigenvalue weighted by Gasteiger charge is -2.42. The number of carbonyl (C=O) groups is 1. The summed E-state index contributed by atoms with van der Waals surface area (Å²) in [6.45, 7) is 0.463. The molecule has 0 saturated carbocycles. The van der Waals surface area contributed by atoms with Crippen LogP contribution in [0, 0.1) is 0 Å². The average molecular weight is 394 g/mol. The van der Waals surface area contributed by atoms with Crippen LogP contribution in [0.15, 0.2) is 30.3 Å². The number of benzene rings is 1. The molecule has 1 heterocycles. The van der Waals surface area contributed by atoms with Crippen molar-refractivity contribution >= 4 is 16.3 Å². The number of aliphatic hydroxyl groups excluding tert-OH is 2. The Labute approximate surface area is 150 Å². The second-order valence-electron chi connectivity index (χ2n) is 5.39. The summed E-state index contributed by atoms with van der Waals surface area (Å²) in [5.74, 6) is -0.130. The van der Waals surface area contributed by atoms with E-state index in [2.05, 4.69) is 9.50 Å². The molecule has 7 N–H and O–H groups in total. The molecule has 11 nitrogen and oxygen atoms in total. The highest BCUT2D eigenvalue weighted by Gasteiger charge is 2.46. The monoisotopic (exact) mass is 394 g/mol. The molecular formula is C14H22N2O9S. The first-order valence-corrected chi connectivity index (χ1v) is 8.66. The first-order valence-electron chi connectivity index (χ1n) is 7.29. The van der Waals surface area contributed by atoms with E-state index < -0.39 is 53.6 Å². The summed E-state index contributed by atoms with van der Waals surface area (Å²) in [7, 11) is -4.76. The van der Waals surface area contributed by atoms with Gasteiger partial charge in [-0.2, -0.15) is 8.42 Å². The van der Waals surface area contributed by atoms with Crippen LogP contribution in [0.4, 0.5) is 0 Å². The molecule has 1 aromatic carbocycles. The van der Waals surface area contributed by atoms with Crippen LogP contribution in [0.2, 0.25) is 0 Å². The summed E-state index contributed by atoms with van der Waals surface area (Å²) >= 11 is 0. The van der Waals surface area contributed by atoms with E-state index in [1.807, 2.05) is 0 Å². The van der Waals surface area contributed by atoms with Gasteiger partial charge in [0.15, 0.2) is 0 Å². The van der Waals surface area contributed by atoms with E-state index in [0.29, 0.717) is 5.75 Å². The van der Waals surface area contributed by atoms with Gasteiger partial charge in [0.05, 0.1) is 6.61 Å². The zero-order valence-corrected chi connectivity index (χ0v) is 14.7. The van der Waals surface area contributed by atoms with Gasteiger partial charge in [0.1, 0.15) is 30.1 Å². The van der Waals surface area contributed by atoms with E-state index in [1.54, 1.807) is 30.3 Å².